The summed E-state index contributed by atoms with van der Waals surface area (Å²) in [7, 11) is 0. The molecule has 9 heteroatoms. The van der Waals surface area contributed by atoms with Gasteiger partial charge >= 0.3 is 6.09 Å². The van der Waals surface area contributed by atoms with Gasteiger partial charge in [-0.05, 0) is 24.8 Å². The van der Waals surface area contributed by atoms with E-state index < -0.39 is 24.3 Å². The number of aliphatic hydroxyl groups is 1. The van der Waals surface area contributed by atoms with Gasteiger partial charge in [0.25, 0.3) is 0 Å². The van der Waals surface area contributed by atoms with Crippen LogP contribution in [0.3, 0.4) is 0 Å². The molecule has 3 aliphatic rings. The van der Waals surface area contributed by atoms with Gasteiger partial charge in [0.1, 0.15) is 12.1 Å². The van der Waals surface area contributed by atoms with Crippen LogP contribution in [0.5, 0.6) is 0 Å². The molecule has 2 fully saturated rings. The van der Waals surface area contributed by atoms with E-state index in [-0.39, 0.29) is 30.8 Å². The molecule has 3 aliphatic heterocycles. The molecule has 2 unspecified atom stereocenters. The summed E-state index contributed by atoms with van der Waals surface area (Å²) in [6.07, 6.45) is -0.748. The van der Waals surface area contributed by atoms with Crippen molar-refractivity contribution in [1.29, 1.82) is 0 Å². The minimum absolute atomic E-state index is 0.0585. The molecule has 4 rings (SSSR count). The predicted molar refractivity (Wildman–Crippen MR) is 133 cm³/mol. The number of amides is 2. The molecule has 0 saturated carbocycles. The molecule has 35 heavy (non-hydrogen) atoms. The number of anilines is 1. The highest BCUT2D eigenvalue weighted by Crippen LogP contribution is 2.35. The van der Waals surface area contributed by atoms with E-state index in [1.165, 1.54) is 0 Å². The molecule has 196 valence electrons. The Balaban J connectivity index is 0.00000167. The van der Waals surface area contributed by atoms with Gasteiger partial charge in [-0.1, -0.05) is 52.8 Å². The Morgan fingerprint density at radius 1 is 1.26 bits per heavy atom. The second kappa shape index (κ2) is 12.7. The fraction of sp³-hybridized carbons (Fsp3) is 0.692. The molecular weight excluding hydrogens is 450 g/mol. The van der Waals surface area contributed by atoms with Gasteiger partial charge in [-0.25, -0.2) is 4.79 Å². The summed E-state index contributed by atoms with van der Waals surface area (Å²) in [6, 6.07) is 6.64. The quantitative estimate of drug-likeness (QED) is 0.486. The van der Waals surface area contributed by atoms with Crippen molar-refractivity contribution in [2.24, 2.45) is 11.8 Å². The van der Waals surface area contributed by atoms with Crippen LogP contribution in [0.1, 0.15) is 59.1 Å². The van der Waals surface area contributed by atoms with Gasteiger partial charge in [-0.15, -0.1) is 0 Å². The van der Waals surface area contributed by atoms with Crippen molar-refractivity contribution in [3.05, 3.63) is 29.8 Å². The van der Waals surface area contributed by atoms with E-state index in [1.54, 1.807) is 0 Å². The van der Waals surface area contributed by atoms with Gasteiger partial charge in [0.15, 0.2) is 6.29 Å². The number of ether oxygens (including phenoxy) is 3. The third-order valence-electron chi connectivity index (χ3n) is 6.60. The molecule has 0 aliphatic carbocycles. The Morgan fingerprint density at radius 3 is 2.71 bits per heavy atom. The number of hydrogen-bond acceptors (Lipinski definition) is 7. The van der Waals surface area contributed by atoms with E-state index in [1.807, 2.05) is 49.9 Å². The summed E-state index contributed by atoms with van der Waals surface area (Å²) < 4.78 is 16.6. The zero-order chi connectivity index (χ0) is 25.5. The van der Waals surface area contributed by atoms with Crippen molar-refractivity contribution < 1.29 is 28.9 Å². The smallest absolute Gasteiger partial charge is 0.407 e. The lowest BCUT2D eigenvalue weighted by Gasteiger charge is -2.33. The molecule has 1 aromatic carbocycles. The average Bonchev–Trinajstić information content (AvgIpc) is 3.53. The van der Waals surface area contributed by atoms with Crippen molar-refractivity contribution in [3.8, 4) is 0 Å². The fourth-order valence-corrected chi connectivity index (χ4v) is 5.02. The van der Waals surface area contributed by atoms with Crippen LogP contribution in [0.2, 0.25) is 0 Å². The second-order valence-electron chi connectivity index (χ2n) is 9.52. The van der Waals surface area contributed by atoms with Crippen LogP contribution in [-0.4, -0.2) is 72.8 Å². The van der Waals surface area contributed by atoms with Gasteiger partial charge < -0.3 is 30.0 Å². The summed E-state index contributed by atoms with van der Waals surface area (Å²) in [5, 5.41) is 16.8. The van der Waals surface area contributed by atoms with Crippen LogP contribution in [0.25, 0.3) is 0 Å². The highest BCUT2D eigenvalue weighted by atomic mass is 16.7. The van der Waals surface area contributed by atoms with Crippen molar-refractivity contribution in [3.63, 3.8) is 0 Å². The van der Waals surface area contributed by atoms with Crippen molar-refractivity contribution >= 4 is 17.7 Å². The topological polar surface area (TPSA) is 109 Å². The lowest BCUT2D eigenvalue weighted by molar-refractivity contribution is -0.121. The number of nitrogens with zero attached hydrogens (tertiary/aromatic N) is 1. The molecule has 0 bridgehead atoms. The number of carbonyl (C=O) groups excluding carboxylic acids is 2. The third-order valence-corrected chi connectivity index (χ3v) is 6.60. The number of rotatable bonds is 9. The molecular formula is C26H41N3O6. The SMILES string of the molecule is CC.CC[C@H](NC(=O)O[C@H]1CO[C@H]2OCCC21)[C@H](O)CN(CC(C)C)C1C(=O)Nc2ccccc21. The Morgan fingerprint density at radius 2 is 2.00 bits per heavy atom. The lowest BCUT2D eigenvalue weighted by Crippen LogP contribution is -2.50. The van der Waals surface area contributed by atoms with Crippen LogP contribution in [0, 0.1) is 11.8 Å². The number of nitrogens with one attached hydrogen (secondary N) is 2. The summed E-state index contributed by atoms with van der Waals surface area (Å²) in [4.78, 5) is 27.4. The van der Waals surface area contributed by atoms with Crippen LogP contribution in [-0.2, 0) is 19.0 Å². The summed E-state index contributed by atoms with van der Waals surface area (Å²) in [6.45, 7) is 11.9. The molecule has 0 radical (unpaired) electrons. The molecule has 0 aromatic heterocycles. The molecule has 0 spiro atoms. The number of para-hydroxylation sites is 1. The highest BCUT2D eigenvalue weighted by Gasteiger charge is 2.44. The minimum Gasteiger partial charge on any atom is -0.443 e. The van der Waals surface area contributed by atoms with E-state index in [9.17, 15) is 14.7 Å². The fourth-order valence-electron chi connectivity index (χ4n) is 5.02. The Kier molecular flexibility index (Phi) is 9.91. The minimum atomic E-state index is -0.871. The summed E-state index contributed by atoms with van der Waals surface area (Å²) in [5.74, 6) is 0.252. The molecule has 6 atom stereocenters. The van der Waals surface area contributed by atoms with Crippen molar-refractivity contribution in [2.75, 3.05) is 31.6 Å². The number of alkyl carbamates (subject to hydrolysis) is 1. The van der Waals surface area contributed by atoms with Gasteiger partial charge in [-0.3, -0.25) is 9.69 Å². The average molecular weight is 492 g/mol. The normalized spacial score (nSPS) is 26.5. The first-order valence-electron chi connectivity index (χ1n) is 12.9. The van der Waals surface area contributed by atoms with Gasteiger partial charge in [0, 0.05) is 24.3 Å². The predicted octanol–water partition coefficient (Wildman–Crippen LogP) is 3.29. The van der Waals surface area contributed by atoms with Gasteiger partial charge in [0.05, 0.1) is 31.3 Å². The largest absolute Gasteiger partial charge is 0.443 e. The number of aliphatic hydroxyl groups excluding tert-OH is 1. The van der Waals surface area contributed by atoms with E-state index >= 15 is 0 Å². The molecule has 1 aromatic rings. The van der Waals surface area contributed by atoms with Crippen molar-refractivity contribution in [1.82, 2.24) is 10.2 Å². The summed E-state index contributed by atoms with van der Waals surface area (Å²) >= 11 is 0. The second-order valence-corrected chi connectivity index (χ2v) is 9.52. The molecule has 2 amide bonds. The van der Waals surface area contributed by atoms with E-state index in [0.717, 1.165) is 17.7 Å². The van der Waals surface area contributed by atoms with E-state index in [0.29, 0.717) is 32.1 Å². The molecule has 2 saturated heterocycles. The van der Waals surface area contributed by atoms with Crippen molar-refractivity contribution in [2.45, 2.75) is 78.0 Å². The molecule has 3 N–H and O–H groups in total. The maximum Gasteiger partial charge on any atom is 0.407 e. The standard InChI is InChI=1S/C24H35N3O6.C2H6/c1-4-17(26-24(30)33-20-13-32-23-16(20)9-10-31-23)19(28)12-27(11-14(2)3)21-15-7-5-6-8-18(15)25-22(21)29;1-2/h5-8,14,16-17,19-21,23,28H,4,9-13H2,1-3H3,(H,25,29)(H,26,30);1-2H3/t16?,17-,19+,20-,21?,23+;/m0./s1. The highest BCUT2D eigenvalue weighted by molar-refractivity contribution is 6.02. The maximum absolute atomic E-state index is 12.8. The zero-order valence-electron chi connectivity index (χ0n) is 21.5. The molecule has 3 heterocycles. The Hall–Kier alpha value is -2.20. The number of fused-ring (bicyclic) bond motifs is 2. The van der Waals surface area contributed by atoms with Gasteiger partial charge in [0.2, 0.25) is 5.91 Å². The Bertz CT molecular complexity index is 850. The first kappa shape index (κ1) is 27.4. The monoisotopic (exact) mass is 491 g/mol. The number of benzene rings is 1. The van der Waals surface area contributed by atoms with Crippen LogP contribution in [0.4, 0.5) is 10.5 Å². The van der Waals surface area contributed by atoms with Crippen LogP contribution < -0.4 is 10.6 Å². The summed E-state index contributed by atoms with van der Waals surface area (Å²) in [5.41, 5.74) is 1.71. The number of hydrogen-bond donors (Lipinski definition) is 3. The first-order valence-corrected chi connectivity index (χ1v) is 12.9. The maximum atomic E-state index is 12.8. The third kappa shape index (κ3) is 6.52. The lowest BCUT2D eigenvalue weighted by atomic mass is 10.0. The van der Waals surface area contributed by atoms with E-state index in [4.69, 9.17) is 14.2 Å². The van der Waals surface area contributed by atoms with Gasteiger partial charge in [-0.2, -0.15) is 0 Å². The Labute approximate surface area is 208 Å². The van der Waals surface area contributed by atoms with Crippen LogP contribution >= 0.6 is 0 Å². The van der Waals surface area contributed by atoms with Crippen LogP contribution in [0.15, 0.2) is 24.3 Å². The molecule has 9 nitrogen and oxygen atoms in total. The first-order chi connectivity index (χ1) is 16.9. The number of carbonyl (C=O) groups is 2. The van der Waals surface area contributed by atoms with E-state index in [2.05, 4.69) is 24.5 Å². The zero-order valence-corrected chi connectivity index (χ0v) is 21.5.